The largest absolute Gasteiger partial charge is 0.383 e. The summed E-state index contributed by atoms with van der Waals surface area (Å²) in [5.74, 6) is 0.0179. The molecule has 2 aromatic rings. The molecule has 0 bridgehead atoms. The molecule has 0 aliphatic carbocycles. The van der Waals surface area contributed by atoms with E-state index in [1.165, 1.54) is 5.56 Å². The van der Waals surface area contributed by atoms with Crippen LogP contribution in [0.15, 0.2) is 54.7 Å². The van der Waals surface area contributed by atoms with Crippen molar-refractivity contribution < 1.29 is 4.79 Å². The lowest BCUT2D eigenvalue weighted by Crippen LogP contribution is -2.48. The number of pyridine rings is 1. The smallest absolute Gasteiger partial charge is 0.272 e. The average molecular weight is 394 g/mol. The Labute approximate surface area is 173 Å². The topological polar surface area (TPSA) is 51.7 Å². The molecule has 1 saturated heterocycles. The van der Waals surface area contributed by atoms with Crippen LogP contribution in [0.2, 0.25) is 0 Å². The highest BCUT2D eigenvalue weighted by Gasteiger charge is 2.22. The van der Waals surface area contributed by atoms with Crippen LogP contribution in [0.1, 0.15) is 16.1 Å². The third-order valence-electron chi connectivity index (χ3n) is 5.00. The van der Waals surface area contributed by atoms with Gasteiger partial charge in [-0.2, -0.15) is 0 Å². The van der Waals surface area contributed by atoms with E-state index in [4.69, 9.17) is 0 Å². The van der Waals surface area contributed by atoms with Crippen LogP contribution in [0.5, 0.6) is 0 Å². The molecule has 0 spiro atoms. The van der Waals surface area contributed by atoms with Crippen LogP contribution in [-0.4, -0.2) is 85.5 Å². The predicted octanol–water partition coefficient (Wildman–Crippen LogP) is 2.53. The summed E-state index contributed by atoms with van der Waals surface area (Å²) >= 11 is 0. The molecular formula is C23H31N5O. The lowest BCUT2D eigenvalue weighted by molar-refractivity contribution is 0.0644. The molecule has 154 valence electrons. The zero-order valence-corrected chi connectivity index (χ0v) is 17.4. The van der Waals surface area contributed by atoms with Crippen LogP contribution in [0.25, 0.3) is 6.08 Å². The van der Waals surface area contributed by atoms with Gasteiger partial charge in [-0.15, -0.1) is 0 Å². The standard InChI is InChI=1S/C23H31N5O/c1-26(2)14-12-24-21-10-11-22(25-19-21)23(29)28-17-15-27(16-18-28)13-6-9-20-7-4-3-5-8-20/h3-11,19,24H,12-18H2,1-2H3/b9-6+. The number of rotatable bonds is 8. The van der Waals surface area contributed by atoms with Crippen molar-refractivity contribution in [3.63, 3.8) is 0 Å². The Balaban J connectivity index is 1.43. The number of anilines is 1. The van der Waals surface area contributed by atoms with E-state index < -0.39 is 0 Å². The molecule has 2 heterocycles. The minimum atomic E-state index is 0.0179. The van der Waals surface area contributed by atoms with Crippen LogP contribution >= 0.6 is 0 Å². The summed E-state index contributed by atoms with van der Waals surface area (Å²) in [6.07, 6.45) is 6.08. The number of nitrogens with zero attached hydrogens (tertiary/aromatic N) is 4. The summed E-state index contributed by atoms with van der Waals surface area (Å²) in [6, 6.07) is 14.1. The van der Waals surface area contributed by atoms with Gasteiger partial charge in [0.2, 0.25) is 0 Å². The molecule has 0 unspecified atom stereocenters. The number of likely N-dealkylation sites (N-methyl/N-ethyl adjacent to an activating group) is 1. The molecule has 0 atom stereocenters. The summed E-state index contributed by atoms with van der Waals surface area (Å²) in [6.45, 7) is 5.95. The number of nitrogens with one attached hydrogen (secondary N) is 1. The Morgan fingerprint density at radius 1 is 1.10 bits per heavy atom. The Hall–Kier alpha value is -2.70. The maximum Gasteiger partial charge on any atom is 0.272 e. The van der Waals surface area contributed by atoms with Gasteiger partial charge in [0.25, 0.3) is 5.91 Å². The first kappa shape index (κ1) is 21.0. The van der Waals surface area contributed by atoms with Crippen LogP contribution in [0, 0.1) is 0 Å². The van der Waals surface area contributed by atoms with Crippen molar-refractivity contribution in [1.82, 2.24) is 19.7 Å². The van der Waals surface area contributed by atoms with Crippen molar-refractivity contribution >= 4 is 17.7 Å². The minimum absolute atomic E-state index is 0.0179. The van der Waals surface area contributed by atoms with Crippen LogP contribution < -0.4 is 5.32 Å². The van der Waals surface area contributed by atoms with Crippen molar-refractivity contribution in [3.05, 3.63) is 66.0 Å². The van der Waals surface area contributed by atoms with Crippen LogP contribution in [0.3, 0.4) is 0 Å². The predicted molar refractivity (Wildman–Crippen MR) is 119 cm³/mol. The van der Waals surface area contributed by atoms with Gasteiger partial charge in [-0.1, -0.05) is 42.5 Å². The number of carbonyl (C=O) groups excluding carboxylic acids is 1. The van der Waals surface area contributed by atoms with E-state index >= 15 is 0 Å². The lowest BCUT2D eigenvalue weighted by Gasteiger charge is -2.34. The van der Waals surface area contributed by atoms with Gasteiger partial charge in [0.15, 0.2) is 0 Å². The van der Waals surface area contributed by atoms with Crippen molar-refractivity contribution in [1.29, 1.82) is 0 Å². The molecule has 1 aromatic heterocycles. The average Bonchev–Trinajstić information content (AvgIpc) is 2.75. The van der Waals surface area contributed by atoms with E-state index in [0.29, 0.717) is 5.69 Å². The highest BCUT2D eigenvalue weighted by molar-refractivity contribution is 5.92. The van der Waals surface area contributed by atoms with Gasteiger partial charge in [-0.05, 0) is 31.8 Å². The molecule has 1 aromatic carbocycles. The number of amides is 1. The van der Waals surface area contributed by atoms with Crippen LogP contribution in [0.4, 0.5) is 5.69 Å². The SMILES string of the molecule is CN(C)CCNc1ccc(C(=O)N2CCN(C/C=C/c3ccccc3)CC2)nc1. The van der Waals surface area contributed by atoms with E-state index in [2.05, 4.69) is 44.4 Å². The van der Waals surface area contributed by atoms with E-state index in [-0.39, 0.29) is 5.91 Å². The Morgan fingerprint density at radius 2 is 1.86 bits per heavy atom. The van der Waals surface area contributed by atoms with Gasteiger partial charge < -0.3 is 15.1 Å². The van der Waals surface area contributed by atoms with Crippen molar-refractivity contribution in [2.45, 2.75) is 0 Å². The van der Waals surface area contributed by atoms with E-state index in [1.807, 2.05) is 49.3 Å². The van der Waals surface area contributed by atoms with Gasteiger partial charge in [0.1, 0.15) is 5.69 Å². The molecule has 29 heavy (non-hydrogen) atoms. The molecule has 1 amide bonds. The summed E-state index contributed by atoms with van der Waals surface area (Å²) in [5.41, 5.74) is 2.67. The number of aromatic nitrogens is 1. The fourth-order valence-electron chi connectivity index (χ4n) is 3.25. The molecule has 1 aliphatic heterocycles. The Morgan fingerprint density at radius 3 is 2.52 bits per heavy atom. The van der Waals surface area contributed by atoms with Gasteiger partial charge in [-0.3, -0.25) is 9.69 Å². The van der Waals surface area contributed by atoms with Gasteiger partial charge in [0.05, 0.1) is 11.9 Å². The highest BCUT2D eigenvalue weighted by Crippen LogP contribution is 2.11. The second-order valence-corrected chi connectivity index (χ2v) is 7.57. The Kier molecular flexibility index (Phi) is 7.78. The second kappa shape index (κ2) is 10.7. The van der Waals surface area contributed by atoms with Gasteiger partial charge in [0, 0.05) is 45.8 Å². The first-order valence-corrected chi connectivity index (χ1v) is 10.2. The van der Waals surface area contributed by atoms with E-state index in [9.17, 15) is 4.79 Å². The maximum absolute atomic E-state index is 12.7. The summed E-state index contributed by atoms with van der Waals surface area (Å²) in [5, 5.41) is 3.32. The number of piperazine rings is 1. The number of hydrogen-bond acceptors (Lipinski definition) is 5. The number of benzene rings is 1. The molecule has 6 nitrogen and oxygen atoms in total. The number of hydrogen-bond donors (Lipinski definition) is 1. The third kappa shape index (κ3) is 6.69. The van der Waals surface area contributed by atoms with Gasteiger partial charge in [-0.25, -0.2) is 4.98 Å². The molecule has 6 heteroatoms. The first-order valence-electron chi connectivity index (χ1n) is 10.2. The summed E-state index contributed by atoms with van der Waals surface area (Å²) in [4.78, 5) is 23.5. The minimum Gasteiger partial charge on any atom is -0.383 e. The molecule has 1 fully saturated rings. The fourth-order valence-corrected chi connectivity index (χ4v) is 3.25. The molecule has 0 radical (unpaired) electrons. The lowest BCUT2D eigenvalue weighted by atomic mass is 10.2. The molecule has 0 saturated carbocycles. The third-order valence-corrected chi connectivity index (χ3v) is 5.00. The van der Waals surface area contributed by atoms with Crippen LogP contribution in [-0.2, 0) is 0 Å². The zero-order valence-electron chi connectivity index (χ0n) is 17.4. The fraction of sp³-hybridized carbons (Fsp3) is 0.391. The van der Waals surface area contributed by atoms with Gasteiger partial charge >= 0.3 is 0 Å². The normalized spacial score (nSPS) is 15.2. The van der Waals surface area contributed by atoms with Crippen molar-refractivity contribution in [3.8, 4) is 0 Å². The molecular weight excluding hydrogens is 362 g/mol. The molecule has 1 N–H and O–H groups in total. The van der Waals surface area contributed by atoms with Crippen molar-refractivity contribution in [2.75, 3.05) is 65.2 Å². The second-order valence-electron chi connectivity index (χ2n) is 7.57. The molecule has 3 rings (SSSR count). The monoisotopic (exact) mass is 393 g/mol. The maximum atomic E-state index is 12.7. The summed E-state index contributed by atoms with van der Waals surface area (Å²) < 4.78 is 0. The highest BCUT2D eigenvalue weighted by atomic mass is 16.2. The quantitative estimate of drug-likeness (QED) is 0.747. The van der Waals surface area contributed by atoms with E-state index in [1.54, 1.807) is 6.20 Å². The van der Waals surface area contributed by atoms with Crippen molar-refractivity contribution in [2.24, 2.45) is 0 Å². The molecule has 1 aliphatic rings. The Bertz CT molecular complexity index is 781. The van der Waals surface area contributed by atoms with E-state index in [0.717, 1.165) is 51.5 Å². The number of carbonyl (C=O) groups is 1. The first-order chi connectivity index (χ1) is 14.1. The zero-order chi connectivity index (χ0) is 20.5. The summed E-state index contributed by atoms with van der Waals surface area (Å²) in [7, 11) is 4.09.